The van der Waals surface area contributed by atoms with Crippen LogP contribution in [0.3, 0.4) is 0 Å². The van der Waals surface area contributed by atoms with Gasteiger partial charge in [-0.1, -0.05) is 11.6 Å². The summed E-state index contributed by atoms with van der Waals surface area (Å²) < 4.78 is 14.9. The number of benzene rings is 1. The molecule has 0 unspecified atom stereocenters. The quantitative estimate of drug-likeness (QED) is 0.412. The molecule has 9 heteroatoms. The van der Waals surface area contributed by atoms with Gasteiger partial charge in [0.1, 0.15) is 5.92 Å². The maximum Gasteiger partial charge on any atom is 0.336 e. The SMILES string of the molecule is COC(=O)C1=C(C)NC(C)=C(C(=O)OC)C1C(=O)O[C@@H](C)C(=O)c1ccc(Cl)cc1. The Balaban J connectivity index is 2.39. The van der Waals surface area contributed by atoms with Crippen molar-refractivity contribution in [1.82, 2.24) is 5.32 Å². The van der Waals surface area contributed by atoms with Gasteiger partial charge in [0.05, 0.1) is 25.4 Å². The van der Waals surface area contributed by atoms with Gasteiger partial charge < -0.3 is 19.5 Å². The lowest BCUT2D eigenvalue weighted by Gasteiger charge is -2.29. The molecular weight excluding hydrogens is 414 g/mol. The van der Waals surface area contributed by atoms with Crippen LogP contribution in [0.4, 0.5) is 0 Å². The van der Waals surface area contributed by atoms with E-state index < -0.39 is 35.7 Å². The number of allylic oxidation sites excluding steroid dienone is 2. The van der Waals surface area contributed by atoms with Gasteiger partial charge in [-0.2, -0.15) is 0 Å². The number of methoxy groups -OCH3 is 2. The number of carbonyl (C=O) groups is 4. The summed E-state index contributed by atoms with van der Waals surface area (Å²) >= 11 is 5.83. The Morgan fingerprint density at radius 2 is 1.40 bits per heavy atom. The molecule has 8 nitrogen and oxygen atoms in total. The maximum atomic E-state index is 13.0. The van der Waals surface area contributed by atoms with Crippen LogP contribution >= 0.6 is 11.6 Å². The standard InChI is InChI=1S/C21H22ClNO7/c1-10-15(19(25)28-4)17(16(11(2)23-10)20(26)29-5)21(27)30-12(3)18(24)13-6-8-14(22)9-7-13/h6-9,12,17,23H,1-5H3/t12-/m0/s1. The van der Waals surface area contributed by atoms with E-state index in [2.05, 4.69) is 5.32 Å². The Morgan fingerprint density at radius 3 is 1.83 bits per heavy atom. The first kappa shape index (κ1) is 23.2. The van der Waals surface area contributed by atoms with Gasteiger partial charge in [0.25, 0.3) is 0 Å². The number of hydrogen-bond donors (Lipinski definition) is 1. The van der Waals surface area contributed by atoms with Crippen molar-refractivity contribution >= 4 is 35.3 Å². The summed E-state index contributed by atoms with van der Waals surface area (Å²) in [6.45, 7) is 4.53. The Labute approximate surface area is 178 Å². The van der Waals surface area contributed by atoms with E-state index in [-0.39, 0.29) is 11.1 Å². The minimum Gasteiger partial charge on any atom is -0.466 e. The zero-order valence-corrected chi connectivity index (χ0v) is 18.0. The number of hydrogen-bond acceptors (Lipinski definition) is 8. The first-order valence-corrected chi connectivity index (χ1v) is 9.35. The normalized spacial score (nSPS) is 15.3. The largest absolute Gasteiger partial charge is 0.466 e. The summed E-state index contributed by atoms with van der Waals surface area (Å²) in [7, 11) is 2.31. The maximum absolute atomic E-state index is 13.0. The van der Waals surface area contributed by atoms with Crippen LogP contribution in [0.5, 0.6) is 0 Å². The Hall–Kier alpha value is -3.13. The molecule has 0 spiro atoms. The predicted octanol–water partition coefficient (Wildman–Crippen LogP) is 2.57. The van der Waals surface area contributed by atoms with E-state index in [1.807, 2.05) is 0 Å². The molecular formula is C21H22ClNO7. The van der Waals surface area contributed by atoms with Crippen LogP contribution in [-0.2, 0) is 28.6 Å². The van der Waals surface area contributed by atoms with Crippen molar-refractivity contribution in [3.8, 4) is 0 Å². The minimum absolute atomic E-state index is 0.0976. The smallest absolute Gasteiger partial charge is 0.336 e. The lowest BCUT2D eigenvalue weighted by molar-refractivity contribution is -0.153. The Morgan fingerprint density at radius 1 is 0.933 bits per heavy atom. The van der Waals surface area contributed by atoms with E-state index in [1.165, 1.54) is 19.1 Å². The molecule has 30 heavy (non-hydrogen) atoms. The number of carbonyl (C=O) groups excluding carboxylic acids is 4. The lowest BCUT2D eigenvalue weighted by atomic mass is 9.85. The third-order valence-electron chi connectivity index (χ3n) is 4.60. The summed E-state index contributed by atoms with van der Waals surface area (Å²) in [5.41, 5.74) is 0.750. The Bertz CT molecular complexity index is 909. The molecule has 1 atom stereocenters. The third-order valence-corrected chi connectivity index (χ3v) is 4.85. The highest BCUT2D eigenvalue weighted by Crippen LogP contribution is 2.32. The molecule has 2 rings (SSSR count). The van der Waals surface area contributed by atoms with E-state index in [0.29, 0.717) is 22.0 Å². The molecule has 0 radical (unpaired) electrons. The third kappa shape index (κ3) is 4.71. The van der Waals surface area contributed by atoms with Crippen molar-refractivity contribution in [2.45, 2.75) is 26.9 Å². The van der Waals surface area contributed by atoms with Crippen molar-refractivity contribution in [2.24, 2.45) is 5.92 Å². The number of halogens is 1. The topological polar surface area (TPSA) is 108 Å². The van der Waals surface area contributed by atoms with Gasteiger partial charge >= 0.3 is 17.9 Å². The van der Waals surface area contributed by atoms with Crippen LogP contribution in [0.25, 0.3) is 0 Å². The predicted molar refractivity (Wildman–Crippen MR) is 107 cm³/mol. The molecule has 1 aliphatic rings. The van der Waals surface area contributed by atoms with Crippen molar-refractivity contribution in [3.05, 3.63) is 57.4 Å². The van der Waals surface area contributed by atoms with Crippen LogP contribution in [0, 0.1) is 5.92 Å². The average molecular weight is 436 g/mol. The molecule has 0 aromatic heterocycles. The monoisotopic (exact) mass is 435 g/mol. The molecule has 0 fully saturated rings. The second-order valence-electron chi connectivity index (χ2n) is 6.57. The molecule has 0 saturated carbocycles. The zero-order valence-electron chi connectivity index (χ0n) is 17.2. The second kappa shape index (κ2) is 9.58. The van der Waals surface area contributed by atoms with Gasteiger partial charge in [-0.05, 0) is 45.0 Å². The van der Waals surface area contributed by atoms with Gasteiger partial charge in [-0.25, -0.2) is 9.59 Å². The molecule has 160 valence electrons. The summed E-state index contributed by atoms with van der Waals surface area (Å²) in [6, 6.07) is 6.10. The highest BCUT2D eigenvalue weighted by atomic mass is 35.5. The molecule has 0 saturated heterocycles. The van der Waals surface area contributed by atoms with E-state index in [9.17, 15) is 19.2 Å². The number of ether oxygens (including phenoxy) is 3. The summed E-state index contributed by atoms with van der Waals surface area (Å²) in [6.07, 6.45) is -1.17. The van der Waals surface area contributed by atoms with Gasteiger partial charge in [0, 0.05) is 22.0 Å². The van der Waals surface area contributed by atoms with Crippen LogP contribution in [-0.4, -0.2) is 44.0 Å². The molecule has 1 N–H and O–H groups in total. The molecule has 1 aromatic carbocycles. The summed E-state index contributed by atoms with van der Waals surface area (Å²) in [5.74, 6) is -4.45. The number of Topliss-reactive ketones (excluding diaryl/α,β-unsaturated/α-hetero) is 1. The van der Waals surface area contributed by atoms with Crippen molar-refractivity contribution in [3.63, 3.8) is 0 Å². The average Bonchev–Trinajstić information content (AvgIpc) is 2.72. The van der Waals surface area contributed by atoms with Crippen molar-refractivity contribution in [2.75, 3.05) is 14.2 Å². The molecule has 1 aromatic rings. The van der Waals surface area contributed by atoms with Gasteiger partial charge in [0.15, 0.2) is 6.10 Å². The van der Waals surface area contributed by atoms with Gasteiger partial charge in [-0.3, -0.25) is 9.59 Å². The van der Waals surface area contributed by atoms with Crippen LogP contribution in [0.2, 0.25) is 5.02 Å². The lowest BCUT2D eigenvalue weighted by Crippen LogP contribution is -2.39. The highest BCUT2D eigenvalue weighted by Gasteiger charge is 2.43. The number of nitrogens with one attached hydrogen (secondary N) is 1. The first-order valence-electron chi connectivity index (χ1n) is 8.97. The zero-order chi connectivity index (χ0) is 22.6. The molecule has 0 bridgehead atoms. The number of esters is 3. The fraction of sp³-hybridized carbons (Fsp3) is 0.333. The number of dihydropyridines is 1. The first-order chi connectivity index (χ1) is 14.1. The van der Waals surface area contributed by atoms with Crippen molar-refractivity contribution in [1.29, 1.82) is 0 Å². The Kier molecular flexibility index (Phi) is 7.39. The summed E-state index contributed by atoms with van der Waals surface area (Å²) in [5, 5.41) is 3.33. The van der Waals surface area contributed by atoms with E-state index in [1.54, 1.807) is 26.0 Å². The fourth-order valence-corrected chi connectivity index (χ4v) is 3.26. The second-order valence-corrected chi connectivity index (χ2v) is 7.01. The minimum atomic E-state index is -1.41. The fourth-order valence-electron chi connectivity index (χ4n) is 3.14. The van der Waals surface area contributed by atoms with Crippen LogP contribution in [0.1, 0.15) is 31.1 Å². The molecule has 1 aliphatic heterocycles. The van der Waals surface area contributed by atoms with E-state index >= 15 is 0 Å². The number of ketones is 1. The molecule has 0 aliphatic carbocycles. The molecule has 0 amide bonds. The van der Waals surface area contributed by atoms with Crippen LogP contribution < -0.4 is 5.32 Å². The molecule has 1 heterocycles. The van der Waals surface area contributed by atoms with Gasteiger partial charge in [0.2, 0.25) is 5.78 Å². The van der Waals surface area contributed by atoms with Crippen molar-refractivity contribution < 1.29 is 33.4 Å². The summed E-state index contributed by atoms with van der Waals surface area (Å²) in [4.78, 5) is 50.3. The highest BCUT2D eigenvalue weighted by molar-refractivity contribution is 6.30. The van der Waals surface area contributed by atoms with Gasteiger partial charge in [-0.15, -0.1) is 0 Å². The van der Waals surface area contributed by atoms with E-state index in [4.69, 9.17) is 25.8 Å². The van der Waals surface area contributed by atoms with E-state index in [0.717, 1.165) is 14.2 Å². The number of rotatable bonds is 6. The van der Waals surface area contributed by atoms with Crippen LogP contribution in [0.15, 0.2) is 46.8 Å².